The molecule has 10 nitrogen and oxygen atoms in total. The molecule has 0 amide bonds. The topological polar surface area (TPSA) is 140 Å². The average molecular weight is 498 g/mol. The van der Waals surface area contributed by atoms with Crippen LogP contribution in [0.25, 0.3) is 0 Å². The lowest BCUT2D eigenvalue weighted by atomic mass is 9.90. The summed E-state index contributed by atoms with van der Waals surface area (Å²) in [5.41, 5.74) is 0.259. The molecule has 2 N–H and O–H groups in total. The fourth-order valence-corrected chi connectivity index (χ4v) is 3.75. The first kappa shape index (κ1) is 28.2. The van der Waals surface area contributed by atoms with E-state index in [1.807, 2.05) is 20.8 Å². The minimum atomic E-state index is -3.67. The maximum atomic E-state index is 12.3. The van der Waals surface area contributed by atoms with Crippen molar-refractivity contribution in [2.24, 2.45) is 5.41 Å². The summed E-state index contributed by atoms with van der Waals surface area (Å²) in [4.78, 5) is 16.8. The number of nitriles is 1. The van der Waals surface area contributed by atoms with Crippen LogP contribution in [0, 0.1) is 16.7 Å². The Morgan fingerprint density at radius 2 is 1.68 bits per heavy atom. The summed E-state index contributed by atoms with van der Waals surface area (Å²) < 4.78 is 37.5. The summed E-state index contributed by atoms with van der Waals surface area (Å²) in [5.74, 6) is 0.894. The van der Waals surface area contributed by atoms with Crippen LogP contribution in [-0.2, 0) is 19.6 Å². The molecule has 34 heavy (non-hydrogen) atoms. The molecule has 2 aliphatic heterocycles. The molecular weight excluding hydrogens is 462 g/mol. The quantitative estimate of drug-likeness (QED) is 0.520. The Bertz CT molecular complexity index is 932. The van der Waals surface area contributed by atoms with E-state index in [4.69, 9.17) is 19.3 Å². The maximum absolute atomic E-state index is 12.3. The number of hydrogen-bond donors (Lipinski definition) is 2. The van der Waals surface area contributed by atoms with Crippen molar-refractivity contribution in [3.05, 3.63) is 29.8 Å². The first-order chi connectivity index (χ1) is 15.7. The number of fused-ring (bicyclic) bond motifs is 2. The highest BCUT2D eigenvalue weighted by Crippen LogP contribution is 2.22. The Labute approximate surface area is 201 Å². The largest absolute Gasteiger partial charge is 0.491 e. The summed E-state index contributed by atoms with van der Waals surface area (Å²) in [6, 6.07) is 8.93. The third-order valence-electron chi connectivity index (χ3n) is 5.33. The van der Waals surface area contributed by atoms with Crippen LogP contribution in [0.1, 0.15) is 26.3 Å². The predicted octanol–water partition coefficient (Wildman–Crippen LogP) is 0.802. The van der Waals surface area contributed by atoms with Gasteiger partial charge in [-0.05, 0) is 24.3 Å². The van der Waals surface area contributed by atoms with Crippen molar-refractivity contribution in [1.29, 1.82) is 5.26 Å². The Morgan fingerprint density at radius 1 is 1.18 bits per heavy atom. The van der Waals surface area contributed by atoms with Gasteiger partial charge in [0.25, 0.3) is 10.1 Å². The number of carbonyl (C=O) groups is 1. The minimum Gasteiger partial charge on any atom is -0.491 e. The Kier molecular flexibility index (Phi) is 9.99. The molecule has 0 aliphatic carbocycles. The van der Waals surface area contributed by atoms with E-state index in [2.05, 4.69) is 15.9 Å². The second kappa shape index (κ2) is 12.1. The lowest BCUT2D eigenvalue weighted by Crippen LogP contribution is -2.61. The highest BCUT2D eigenvalue weighted by atomic mass is 32.2. The van der Waals surface area contributed by atoms with Crippen LogP contribution in [-0.4, -0.2) is 104 Å². The molecule has 2 bridgehead atoms. The molecule has 1 aromatic rings. The molecule has 3 atom stereocenters. The molecule has 2 fully saturated rings. The molecule has 0 spiro atoms. The number of aliphatic hydroxyl groups is 1. The molecular formula is C23H35N3O7S. The van der Waals surface area contributed by atoms with Gasteiger partial charge in [0, 0.05) is 38.1 Å². The van der Waals surface area contributed by atoms with Crippen LogP contribution in [0.4, 0.5) is 0 Å². The normalized spacial score (nSPS) is 22.1. The summed E-state index contributed by atoms with van der Waals surface area (Å²) in [6.07, 6.45) is 0.222. The van der Waals surface area contributed by atoms with E-state index in [1.165, 1.54) is 0 Å². The van der Waals surface area contributed by atoms with Crippen molar-refractivity contribution >= 4 is 15.9 Å². The van der Waals surface area contributed by atoms with Crippen LogP contribution in [0.15, 0.2) is 24.3 Å². The summed E-state index contributed by atoms with van der Waals surface area (Å²) in [7, 11) is -3.67. The number of morpholine rings is 2. The van der Waals surface area contributed by atoms with Crippen LogP contribution < -0.4 is 4.74 Å². The number of ketones is 1. The van der Waals surface area contributed by atoms with Gasteiger partial charge in [-0.2, -0.15) is 13.7 Å². The molecule has 2 aliphatic rings. The standard InChI is InChI=1S/C22H31N3O4.CH4O3S/c1-22(2,3)21(27)14-25-12-19-10-24(11-20(13-25)29-19)9-17(26)15-28-18-6-4-16(8-23)5-7-18;1-5(2,3)4/h4-7,17,19-20,26H,9-15H2,1-3H3;1H3,(H,2,3,4)/t17-,19?,20?;/m0./s1. The highest BCUT2D eigenvalue weighted by molar-refractivity contribution is 7.85. The van der Waals surface area contributed by atoms with Gasteiger partial charge in [0.15, 0.2) is 5.78 Å². The smallest absolute Gasteiger partial charge is 0.261 e. The molecule has 0 aromatic heterocycles. The van der Waals surface area contributed by atoms with Gasteiger partial charge in [-0.1, -0.05) is 20.8 Å². The molecule has 0 radical (unpaired) electrons. The summed E-state index contributed by atoms with van der Waals surface area (Å²) in [6.45, 7) is 10.0. The van der Waals surface area contributed by atoms with Crippen molar-refractivity contribution in [1.82, 2.24) is 9.80 Å². The molecule has 3 rings (SSSR count). The zero-order valence-electron chi connectivity index (χ0n) is 20.2. The number of Topliss-reactive ketones (excluding diaryl/α,β-unsaturated/α-hetero) is 1. The van der Waals surface area contributed by atoms with Crippen LogP contribution in [0.3, 0.4) is 0 Å². The molecule has 2 heterocycles. The monoisotopic (exact) mass is 497 g/mol. The van der Waals surface area contributed by atoms with Gasteiger partial charge in [0.1, 0.15) is 18.5 Å². The number of ether oxygens (including phenoxy) is 2. The lowest BCUT2D eigenvalue weighted by molar-refractivity contribution is -0.150. The van der Waals surface area contributed by atoms with Gasteiger partial charge in [-0.15, -0.1) is 0 Å². The molecule has 190 valence electrons. The second-order valence-corrected chi connectivity index (χ2v) is 11.3. The molecule has 2 unspecified atom stereocenters. The second-order valence-electron chi connectivity index (χ2n) is 9.80. The van der Waals surface area contributed by atoms with Gasteiger partial charge in [0.05, 0.1) is 36.6 Å². The molecule has 2 saturated heterocycles. The van der Waals surface area contributed by atoms with Gasteiger partial charge in [-0.25, -0.2) is 0 Å². The van der Waals surface area contributed by atoms with E-state index in [0.29, 0.717) is 30.7 Å². The Hall–Kier alpha value is -2.07. The number of hydrogen-bond acceptors (Lipinski definition) is 9. The molecule has 0 saturated carbocycles. The van der Waals surface area contributed by atoms with Crippen molar-refractivity contribution in [3.63, 3.8) is 0 Å². The third-order valence-corrected chi connectivity index (χ3v) is 5.33. The number of rotatable bonds is 7. The zero-order chi connectivity index (χ0) is 25.5. The van der Waals surface area contributed by atoms with E-state index < -0.39 is 16.2 Å². The fraction of sp³-hybridized carbons (Fsp3) is 0.652. The fourth-order valence-electron chi connectivity index (χ4n) is 3.75. The zero-order valence-corrected chi connectivity index (χ0v) is 21.0. The molecule has 1 aromatic carbocycles. The van der Waals surface area contributed by atoms with Crippen molar-refractivity contribution in [3.8, 4) is 11.8 Å². The van der Waals surface area contributed by atoms with Gasteiger partial charge < -0.3 is 14.6 Å². The van der Waals surface area contributed by atoms with Crippen LogP contribution in [0.2, 0.25) is 0 Å². The number of β-amino-alcohol motifs (C(OH)–C–C–N with tert-alkyl or cyclic N) is 1. The van der Waals surface area contributed by atoms with E-state index in [0.717, 1.165) is 26.2 Å². The van der Waals surface area contributed by atoms with Crippen LogP contribution in [0.5, 0.6) is 5.75 Å². The number of carbonyl (C=O) groups excluding carboxylic acids is 1. The maximum Gasteiger partial charge on any atom is 0.261 e. The van der Waals surface area contributed by atoms with Gasteiger partial charge in [0.2, 0.25) is 0 Å². The van der Waals surface area contributed by atoms with Crippen molar-refractivity contribution in [2.75, 3.05) is 52.1 Å². The number of aliphatic hydroxyl groups excluding tert-OH is 1. The van der Waals surface area contributed by atoms with Crippen molar-refractivity contribution < 1.29 is 32.3 Å². The number of nitrogens with zero attached hydrogens (tertiary/aromatic N) is 3. The summed E-state index contributed by atoms with van der Waals surface area (Å²) in [5, 5.41) is 19.2. The van der Waals surface area contributed by atoms with E-state index in [-0.39, 0.29) is 30.0 Å². The van der Waals surface area contributed by atoms with Gasteiger partial charge in [-0.3, -0.25) is 19.1 Å². The lowest BCUT2D eigenvalue weighted by Gasteiger charge is -2.46. The van der Waals surface area contributed by atoms with E-state index in [1.54, 1.807) is 24.3 Å². The Balaban J connectivity index is 0.000000739. The van der Waals surface area contributed by atoms with Gasteiger partial charge >= 0.3 is 0 Å². The van der Waals surface area contributed by atoms with E-state index >= 15 is 0 Å². The first-order valence-electron chi connectivity index (χ1n) is 11.1. The molecule has 11 heteroatoms. The summed E-state index contributed by atoms with van der Waals surface area (Å²) >= 11 is 0. The first-order valence-corrected chi connectivity index (χ1v) is 12.9. The van der Waals surface area contributed by atoms with Crippen LogP contribution >= 0.6 is 0 Å². The Morgan fingerprint density at radius 3 is 2.15 bits per heavy atom. The van der Waals surface area contributed by atoms with Crippen molar-refractivity contribution in [2.45, 2.75) is 39.1 Å². The predicted molar refractivity (Wildman–Crippen MR) is 126 cm³/mol. The highest BCUT2D eigenvalue weighted by Gasteiger charge is 2.37. The number of benzene rings is 1. The average Bonchev–Trinajstić information content (AvgIpc) is 2.70. The minimum absolute atomic E-state index is 0.0573. The third kappa shape index (κ3) is 10.5. The SMILES string of the molecule is CC(C)(C)C(=O)CN1CC2CN(C[C@H](O)COc3ccc(C#N)cc3)CC(C1)O2.CS(=O)(=O)O. The van der Waals surface area contributed by atoms with E-state index in [9.17, 15) is 18.3 Å².